The molecule has 0 unspecified atom stereocenters. The van der Waals surface area contributed by atoms with Gasteiger partial charge in [0.25, 0.3) is 5.91 Å². The number of carbonyl (C=O) groups is 1. The molecule has 1 amide bonds. The molecule has 134 valence electrons. The van der Waals surface area contributed by atoms with Crippen LogP contribution >= 0.6 is 22.6 Å². The van der Waals surface area contributed by atoms with Gasteiger partial charge >= 0.3 is 0 Å². The van der Waals surface area contributed by atoms with E-state index in [0.717, 1.165) is 10.8 Å². The molecule has 0 saturated carbocycles. The molecule has 0 spiro atoms. The molecule has 3 aromatic rings. The number of nitrogens with zero attached hydrogens (tertiary/aromatic N) is 1. The average molecular weight is 470 g/mol. The lowest BCUT2D eigenvalue weighted by molar-refractivity contribution is -0.112. The van der Waals surface area contributed by atoms with Gasteiger partial charge in [-0.1, -0.05) is 30.3 Å². The Labute approximate surface area is 170 Å². The number of anilines is 1. The zero-order valence-corrected chi connectivity index (χ0v) is 16.5. The number of methoxy groups -OCH3 is 1. The van der Waals surface area contributed by atoms with Gasteiger partial charge in [0.05, 0.1) is 10.7 Å². The first-order valence-corrected chi connectivity index (χ1v) is 9.08. The van der Waals surface area contributed by atoms with Gasteiger partial charge in [0.15, 0.2) is 11.5 Å². The van der Waals surface area contributed by atoms with Gasteiger partial charge in [0.1, 0.15) is 11.6 Å². The number of hydrogen-bond donors (Lipinski definition) is 2. The van der Waals surface area contributed by atoms with E-state index < -0.39 is 5.91 Å². The summed E-state index contributed by atoms with van der Waals surface area (Å²) in [5, 5.41) is 24.1. The van der Waals surface area contributed by atoms with Crippen LogP contribution in [0, 0.1) is 14.9 Å². The molecule has 6 heteroatoms. The number of nitrogens with one attached hydrogen (secondary N) is 1. The van der Waals surface area contributed by atoms with E-state index in [2.05, 4.69) is 5.32 Å². The summed E-state index contributed by atoms with van der Waals surface area (Å²) in [4.78, 5) is 12.5. The fourth-order valence-electron chi connectivity index (χ4n) is 2.61. The monoisotopic (exact) mass is 470 g/mol. The van der Waals surface area contributed by atoms with Crippen LogP contribution in [-0.4, -0.2) is 18.1 Å². The Bertz CT molecular complexity index is 1100. The largest absolute Gasteiger partial charge is 0.504 e. The molecule has 0 aliphatic rings. The molecule has 2 N–H and O–H groups in total. The number of aromatic hydroxyl groups is 1. The maximum atomic E-state index is 12.5. The molecule has 0 aliphatic carbocycles. The minimum absolute atomic E-state index is 0.0226. The normalized spacial score (nSPS) is 11.1. The number of halogens is 1. The molecular weight excluding hydrogens is 455 g/mol. The van der Waals surface area contributed by atoms with Crippen molar-refractivity contribution < 1.29 is 14.6 Å². The number of amides is 1. The number of hydrogen-bond acceptors (Lipinski definition) is 4. The lowest BCUT2D eigenvalue weighted by atomic mass is 10.1. The second-order valence-electron chi connectivity index (χ2n) is 5.74. The van der Waals surface area contributed by atoms with Crippen molar-refractivity contribution >= 4 is 51.0 Å². The number of carbonyl (C=O) groups excluding carboxylic acids is 1. The average Bonchev–Trinajstić information content (AvgIpc) is 2.68. The minimum Gasteiger partial charge on any atom is -0.504 e. The SMILES string of the molecule is COc1cc(/C=C(\C#N)C(=O)Nc2ccc3ccccc3c2)cc(I)c1O. The molecule has 0 atom stereocenters. The molecular formula is C21H15IN2O3. The van der Waals surface area contributed by atoms with Crippen LogP contribution in [0.5, 0.6) is 11.5 Å². The predicted octanol–water partition coefficient (Wildman–Crippen LogP) is 4.70. The van der Waals surface area contributed by atoms with Crippen molar-refractivity contribution in [2.45, 2.75) is 0 Å². The first-order chi connectivity index (χ1) is 13.0. The third-order valence-electron chi connectivity index (χ3n) is 3.95. The smallest absolute Gasteiger partial charge is 0.266 e. The van der Waals surface area contributed by atoms with Crippen molar-refractivity contribution in [2.24, 2.45) is 0 Å². The van der Waals surface area contributed by atoms with Crippen molar-refractivity contribution in [2.75, 3.05) is 12.4 Å². The van der Waals surface area contributed by atoms with E-state index in [4.69, 9.17) is 4.74 Å². The van der Waals surface area contributed by atoms with Crippen molar-refractivity contribution in [1.29, 1.82) is 5.26 Å². The second kappa shape index (κ2) is 8.10. The van der Waals surface area contributed by atoms with Gasteiger partial charge < -0.3 is 15.2 Å². The van der Waals surface area contributed by atoms with Crippen LogP contribution in [0.1, 0.15) is 5.56 Å². The van der Waals surface area contributed by atoms with Crippen LogP contribution in [0.25, 0.3) is 16.8 Å². The quantitative estimate of drug-likeness (QED) is 0.329. The lowest BCUT2D eigenvalue weighted by Gasteiger charge is -2.08. The van der Waals surface area contributed by atoms with E-state index in [0.29, 0.717) is 14.8 Å². The van der Waals surface area contributed by atoms with E-state index >= 15 is 0 Å². The van der Waals surface area contributed by atoms with Gasteiger partial charge in [-0.15, -0.1) is 0 Å². The Balaban J connectivity index is 1.88. The number of nitriles is 1. The highest BCUT2D eigenvalue weighted by atomic mass is 127. The van der Waals surface area contributed by atoms with Gasteiger partial charge in [-0.05, 0) is 69.3 Å². The van der Waals surface area contributed by atoms with Crippen LogP contribution in [0.15, 0.2) is 60.2 Å². The maximum absolute atomic E-state index is 12.5. The van der Waals surface area contributed by atoms with Crippen molar-refractivity contribution in [3.05, 3.63) is 69.3 Å². The maximum Gasteiger partial charge on any atom is 0.266 e. The van der Waals surface area contributed by atoms with Gasteiger partial charge in [-0.3, -0.25) is 4.79 Å². The molecule has 3 rings (SSSR count). The standard InChI is InChI=1S/C21H15IN2O3/c1-27-19-10-13(9-18(22)20(19)25)8-16(12-23)21(26)24-17-7-6-14-4-2-3-5-15(14)11-17/h2-11,25H,1H3,(H,24,26)/b16-8+. The fourth-order valence-corrected chi connectivity index (χ4v) is 3.24. The molecule has 0 aliphatic heterocycles. The van der Waals surface area contributed by atoms with E-state index in [9.17, 15) is 15.2 Å². The van der Waals surface area contributed by atoms with Crippen molar-refractivity contribution in [1.82, 2.24) is 0 Å². The molecule has 0 heterocycles. The minimum atomic E-state index is -0.505. The van der Waals surface area contributed by atoms with E-state index in [1.54, 1.807) is 18.2 Å². The van der Waals surface area contributed by atoms with Crippen LogP contribution < -0.4 is 10.1 Å². The summed E-state index contributed by atoms with van der Waals surface area (Å²) in [7, 11) is 1.44. The van der Waals surface area contributed by atoms with Gasteiger partial charge in [-0.2, -0.15) is 5.26 Å². The Morgan fingerprint density at radius 2 is 1.93 bits per heavy atom. The highest BCUT2D eigenvalue weighted by molar-refractivity contribution is 14.1. The third kappa shape index (κ3) is 4.20. The Morgan fingerprint density at radius 3 is 2.63 bits per heavy atom. The van der Waals surface area contributed by atoms with Gasteiger partial charge in [0, 0.05) is 5.69 Å². The van der Waals surface area contributed by atoms with E-state index in [-0.39, 0.29) is 17.1 Å². The van der Waals surface area contributed by atoms with Gasteiger partial charge in [-0.25, -0.2) is 0 Å². The van der Waals surface area contributed by atoms with E-state index in [1.165, 1.54) is 13.2 Å². The Morgan fingerprint density at radius 1 is 1.19 bits per heavy atom. The van der Waals surface area contributed by atoms with Crippen LogP contribution in [0.4, 0.5) is 5.69 Å². The number of ether oxygens (including phenoxy) is 1. The lowest BCUT2D eigenvalue weighted by Crippen LogP contribution is -2.13. The van der Waals surface area contributed by atoms with Crippen LogP contribution in [0.3, 0.4) is 0 Å². The number of benzene rings is 3. The third-order valence-corrected chi connectivity index (χ3v) is 4.78. The van der Waals surface area contributed by atoms with Crippen LogP contribution in [0.2, 0.25) is 0 Å². The first kappa shape index (κ1) is 18.7. The topological polar surface area (TPSA) is 82.3 Å². The summed E-state index contributed by atoms with van der Waals surface area (Å²) in [5.41, 5.74) is 1.14. The number of rotatable bonds is 4. The number of fused-ring (bicyclic) bond motifs is 1. The summed E-state index contributed by atoms with van der Waals surface area (Å²) in [6, 6.07) is 18.5. The van der Waals surface area contributed by atoms with Crippen LogP contribution in [-0.2, 0) is 4.79 Å². The first-order valence-electron chi connectivity index (χ1n) is 8.00. The highest BCUT2D eigenvalue weighted by Gasteiger charge is 2.12. The summed E-state index contributed by atoms with van der Waals surface area (Å²) >= 11 is 1.96. The second-order valence-corrected chi connectivity index (χ2v) is 6.90. The summed E-state index contributed by atoms with van der Waals surface area (Å²) in [6.45, 7) is 0. The molecule has 0 aromatic heterocycles. The molecule has 0 fully saturated rings. The van der Waals surface area contributed by atoms with Crippen molar-refractivity contribution in [3.8, 4) is 17.6 Å². The highest BCUT2D eigenvalue weighted by Crippen LogP contribution is 2.33. The summed E-state index contributed by atoms with van der Waals surface area (Å²) in [5.74, 6) is -0.204. The molecule has 27 heavy (non-hydrogen) atoms. The zero-order valence-electron chi connectivity index (χ0n) is 14.4. The molecule has 3 aromatic carbocycles. The Kier molecular flexibility index (Phi) is 5.62. The zero-order chi connectivity index (χ0) is 19.4. The van der Waals surface area contributed by atoms with Gasteiger partial charge in [0.2, 0.25) is 0 Å². The molecule has 5 nitrogen and oxygen atoms in total. The molecule has 0 bridgehead atoms. The Hall–Kier alpha value is -3.05. The number of phenolic OH excluding ortho intramolecular Hbond substituents is 1. The fraction of sp³-hybridized carbons (Fsp3) is 0.0476. The van der Waals surface area contributed by atoms with E-state index in [1.807, 2.05) is 65.1 Å². The molecule has 0 saturated heterocycles. The van der Waals surface area contributed by atoms with Crippen molar-refractivity contribution in [3.63, 3.8) is 0 Å². The predicted molar refractivity (Wildman–Crippen MR) is 114 cm³/mol. The number of phenols is 1. The molecule has 0 radical (unpaired) electrons. The summed E-state index contributed by atoms with van der Waals surface area (Å²) < 4.78 is 5.67. The summed E-state index contributed by atoms with van der Waals surface area (Å²) in [6.07, 6.45) is 1.46.